The fourth-order valence-corrected chi connectivity index (χ4v) is 6.19. The van der Waals surface area contributed by atoms with E-state index in [-0.39, 0.29) is 18.9 Å². The topological polar surface area (TPSA) is 66.1 Å². The van der Waals surface area contributed by atoms with E-state index >= 15 is 0 Å². The molecule has 3 aromatic carbocycles. The highest BCUT2D eigenvalue weighted by atomic mass is 16.7. The highest BCUT2D eigenvalue weighted by molar-refractivity contribution is 5.91. The fraction of sp³-hybridized carbons (Fsp3) is 0.424. The number of carbonyl (C=O) groups is 1. The molecule has 3 heterocycles. The molecule has 0 bridgehead atoms. The van der Waals surface area contributed by atoms with Gasteiger partial charge in [-0.2, -0.15) is 0 Å². The summed E-state index contributed by atoms with van der Waals surface area (Å²) < 4.78 is 11.3. The maximum Gasteiger partial charge on any atom is 0.319 e. The molecular weight excluding hydrogens is 500 g/mol. The Kier molecular flexibility index (Phi) is 8.50. The van der Waals surface area contributed by atoms with Crippen LogP contribution in [-0.4, -0.2) is 54.8 Å². The van der Waals surface area contributed by atoms with E-state index in [2.05, 4.69) is 81.1 Å². The van der Waals surface area contributed by atoms with Crippen LogP contribution in [0.25, 0.3) is 0 Å². The Bertz CT molecular complexity index is 1250. The largest absolute Gasteiger partial charge is 0.454 e. The average molecular weight is 541 g/mol. The summed E-state index contributed by atoms with van der Waals surface area (Å²) in [6.45, 7) is 6.03. The van der Waals surface area contributed by atoms with E-state index in [0.29, 0.717) is 5.75 Å². The van der Waals surface area contributed by atoms with E-state index in [1.54, 1.807) is 0 Å². The summed E-state index contributed by atoms with van der Waals surface area (Å²) >= 11 is 0. The Hall–Kier alpha value is -3.55. The molecule has 2 saturated heterocycles. The number of urea groups is 1. The van der Waals surface area contributed by atoms with Crippen LogP contribution in [0.1, 0.15) is 42.4 Å². The second-order valence-corrected chi connectivity index (χ2v) is 11.4. The molecule has 7 heteroatoms. The minimum Gasteiger partial charge on any atom is -0.454 e. The minimum atomic E-state index is -0.150. The van der Waals surface area contributed by atoms with Crippen LogP contribution in [0.15, 0.2) is 72.8 Å². The van der Waals surface area contributed by atoms with Gasteiger partial charge in [-0.25, -0.2) is 4.79 Å². The van der Waals surface area contributed by atoms with Crippen molar-refractivity contribution in [2.45, 2.75) is 51.2 Å². The summed E-state index contributed by atoms with van der Waals surface area (Å²) in [4.78, 5) is 18.0. The number of likely N-dealkylation sites (tertiary alicyclic amines) is 2. The number of benzene rings is 3. The summed E-state index contributed by atoms with van der Waals surface area (Å²) in [6.07, 6.45) is 5.42. The van der Waals surface area contributed by atoms with Crippen LogP contribution in [-0.2, 0) is 19.5 Å². The van der Waals surface area contributed by atoms with Gasteiger partial charge in [0.15, 0.2) is 11.5 Å². The number of anilines is 1. The van der Waals surface area contributed by atoms with Gasteiger partial charge >= 0.3 is 6.03 Å². The van der Waals surface area contributed by atoms with Crippen LogP contribution >= 0.6 is 0 Å². The van der Waals surface area contributed by atoms with Gasteiger partial charge in [0.25, 0.3) is 0 Å². The number of hydrogen-bond donors (Lipinski definition) is 2. The molecule has 3 aliphatic rings. The smallest absolute Gasteiger partial charge is 0.319 e. The monoisotopic (exact) mass is 540 g/mol. The molecule has 3 aliphatic heterocycles. The SMILES string of the molecule is O=C(Nc1cc2c(cc1CN1CCC(Cc3ccccc3)CC1)OCO2)NC1CCN(Cc2ccccc2)CC1. The summed E-state index contributed by atoms with van der Waals surface area (Å²) in [5.41, 5.74) is 4.63. The molecule has 0 saturated carbocycles. The van der Waals surface area contributed by atoms with Crippen LogP contribution in [0.5, 0.6) is 11.5 Å². The van der Waals surface area contributed by atoms with Gasteiger partial charge in [-0.15, -0.1) is 0 Å². The zero-order valence-electron chi connectivity index (χ0n) is 23.2. The van der Waals surface area contributed by atoms with E-state index in [4.69, 9.17) is 9.47 Å². The third-order valence-electron chi connectivity index (χ3n) is 8.49. The zero-order valence-corrected chi connectivity index (χ0v) is 23.2. The first-order valence-corrected chi connectivity index (χ1v) is 14.7. The average Bonchev–Trinajstić information content (AvgIpc) is 3.44. The van der Waals surface area contributed by atoms with E-state index in [1.807, 2.05) is 12.1 Å². The fourth-order valence-electron chi connectivity index (χ4n) is 6.19. The molecule has 6 rings (SSSR count). The molecule has 0 aromatic heterocycles. The van der Waals surface area contributed by atoms with E-state index < -0.39 is 0 Å². The number of fused-ring (bicyclic) bond motifs is 1. The third kappa shape index (κ3) is 6.95. The van der Waals surface area contributed by atoms with Gasteiger partial charge in [0.1, 0.15) is 0 Å². The van der Waals surface area contributed by atoms with Crippen molar-refractivity contribution < 1.29 is 14.3 Å². The number of nitrogens with zero attached hydrogens (tertiary/aromatic N) is 2. The van der Waals surface area contributed by atoms with E-state index in [1.165, 1.54) is 24.0 Å². The molecule has 2 fully saturated rings. The van der Waals surface area contributed by atoms with Crippen molar-refractivity contribution in [3.8, 4) is 11.5 Å². The second kappa shape index (κ2) is 12.7. The van der Waals surface area contributed by atoms with Crippen molar-refractivity contribution in [2.24, 2.45) is 5.92 Å². The maximum atomic E-state index is 13.1. The lowest BCUT2D eigenvalue weighted by molar-refractivity contribution is 0.172. The van der Waals surface area contributed by atoms with Crippen molar-refractivity contribution >= 4 is 11.7 Å². The quantitative estimate of drug-likeness (QED) is 0.386. The van der Waals surface area contributed by atoms with E-state index in [9.17, 15) is 4.79 Å². The maximum absolute atomic E-state index is 13.1. The van der Waals surface area contributed by atoms with Gasteiger partial charge in [-0.3, -0.25) is 9.80 Å². The van der Waals surface area contributed by atoms with Crippen molar-refractivity contribution in [1.29, 1.82) is 0 Å². The Morgan fingerprint density at radius 2 is 1.35 bits per heavy atom. The Morgan fingerprint density at radius 3 is 2.05 bits per heavy atom. The summed E-state index contributed by atoms with van der Waals surface area (Å²) in [7, 11) is 0. The Balaban J connectivity index is 1.02. The van der Waals surface area contributed by atoms with Crippen LogP contribution < -0.4 is 20.1 Å². The first-order valence-electron chi connectivity index (χ1n) is 14.7. The summed E-state index contributed by atoms with van der Waals surface area (Å²) in [5.74, 6) is 2.17. The molecule has 0 spiro atoms. The van der Waals surface area contributed by atoms with Gasteiger partial charge in [-0.1, -0.05) is 60.7 Å². The van der Waals surface area contributed by atoms with Crippen molar-refractivity contribution in [3.05, 3.63) is 89.5 Å². The van der Waals surface area contributed by atoms with Gasteiger partial charge < -0.3 is 20.1 Å². The number of amides is 2. The van der Waals surface area contributed by atoms with Crippen molar-refractivity contribution in [1.82, 2.24) is 15.1 Å². The second-order valence-electron chi connectivity index (χ2n) is 11.4. The Morgan fingerprint density at radius 1 is 0.750 bits per heavy atom. The standard InChI is InChI=1S/C33H40N4O3/c38-33(34-29-13-17-36(18-14-29)22-27-9-5-2-6-10-27)35-30-21-32-31(39-24-40-32)20-28(30)23-37-15-11-26(12-16-37)19-25-7-3-1-4-8-25/h1-10,20-21,26,29H,11-19,22-24H2,(H2,34,35,38). The zero-order chi connectivity index (χ0) is 27.1. The molecule has 3 aromatic rings. The van der Waals surface area contributed by atoms with Crippen molar-refractivity contribution in [2.75, 3.05) is 38.3 Å². The number of piperidine rings is 2. The van der Waals surface area contributed by atoms with Crippen molar-refractivity contribution in [3.63, 3.8) is 0 Å². The predicted molar refractivity (Wildman–Crippen MR) is 158 cm³/mol. The number of carbonyl (C=O) groups excluding carboxylic acids is 1. The third-order valence-corrected chi connectivity index (χ3v) is 8.49. The van der Waals surface area contributed by atoms with E-state index in [0.717, 1.165) is 81.4 Å². The predicted octanol–water partition coefficient (Wildman–Crippen LogP) is 5.66. The number of hydrogen-bond acceptors (Lipinski definition) is 5. The van der Waals surface area contributed by atoms with Gasteiger partial charge in [0.2, 0.25) is 6.79 Å². The van der Waals surface area contributed by atoms with Gasteiger partial charge in [0.05, 0.1) is 5.69 Å². The van der Waals surface area contributed by atoms with Crippen LogP contribution in [0.4, 0.5) is 10.5 Å². The van der Waals surface area contributed by atoms with Gasteiger partial charge in [0, 0.05) is 38.3 Å². The number of nitrogens with one attached hydrogen (secondary N) is 2. The first-order chi connectivity index (χ1) is 19.7. The minimum absolute atomic E-state index is 0.150. The van der Waals surface area contributed by atoms with Gasteiger partial charge in [-0.05, 0) is 73.9 Å². The molecule has 2 amide bonds. The highest BCUT2D eigenvalue weighted by Gasteiger charge is 2.25. The first kappa shape index (κ1) is 26.7. The molecule has 2 N–H and O–H groups in total. The summed E-state index contributed by atoms with van der Waals surface area (Å²) in [5, 5.41) is 6.36. The molecular formula is C33H40N4O3. The number of rotatable bonds is 8. The molecule has 0 unspecified atom stereocenters. The molecule has 0 atom stereocenters. The normalized spacial score (nSPS) is 18.5. The molecule has 0 aliphatic carbocycles. The molecule has 7 nitrogen and oxygen atoms in total. The molecule has 0 radical (unpaired) electrons. The highest BCUT2D eigenvalue weighted by Crippen LogP contribution is 2.38. The lowest BCUT2D eigenvalue weighted by Crippen LogP contribution is -2.45. The number of ether oxygens (including phenoxy) is 2. The lowest BCUT2D eigenvalue weighted by Gasteiger charge is -2.33. The molecule has 210 valence electrons. The van der Waals surface area contributed by atoms with Crippen LogP contribution in [0.3, 0.4) is 0 Å². The Labute approximate surface area is 237 Å². The van der Waals surface area contributed by atoms with Crippen LogP contribution in [0.2, 0.25) is 0 Å². The summed E-state index contributed by atoms with van der Waals surface area (Å²) in [6, 6.07) is 25.4. The lowest BCUT2D eigenvalue weighted by atomic mass is 9.90. The van der Waals surface area contributed by atoms with Crippen LogP contribution in [0, 0.1) is 5.92 Å². The molecule has 40 heavy (non-hydrogen) atoms.